The third-order valence-electron chi connectivity index (χ3n) is 6.97. The Morgan fingerprint density at radius 3 is 2.85 bits per heavy atom. The zero-order valence-corrected chi connectivity index (χ0v) is 21.3. The van der Waals surface area contributed by atoms with Crippen LogP contribution < -0.4 is 14.8 Å². The summed E-state index contributed by atoms with van der Waals surface area (Å²) in [6.45, 7) is 2.22. The Morgan fingerprint density at radius 2 is 2.02 bits per heavy atom. The lowest BCUT2D eigenvalue weighted by Gasteiger charge is -2.19. The number of anilines is 1. The maximum absolute atomic E-state index is 11.7. The maximum Gasteiger partial charge on any atom is 0.331 e. The number of amides is 1. The first-order valence-electron chi connectivity index (χ1n) is 12.6. The van der Waals surface area contributed by atoms with Crippen LogP contribution in [-0.4, -0.2) is 44.5 Å². The highest BCUT2D eigenvalue weighted by molar-refractivity contribution is 5.93. The molecule has 7 rings (SSSR count). The van der Waals surface area contributed by atoms with Gasteiger partial charge in [0.05, 0.1) is 23.0 Å². The molecule has 0 spiro atoms. The van der Waals surface area contributed by atoms with E-state index in [0.29, 0.717) is 24.7 Å². The number of nitrogens with zero attached hydrogens (tertiary/aromatic N) is 2. The quantitative estimate of drug-likeness (QED) is 0.184. The number of carboxylic acids is 1. The summed E-state index contributed by atoms with van der Waals surface area (Å²) in [5.41, 5.74) is 5.36. The fourth-order valence-electron chi connectivity index (χ4n) is 5.14. The number of H-pyrrole nitrogens is 1. The first kappa shape index (κ1) is 25.1. The molecule has 1 saturated carbocycles. The number of carbonyl (C=O) groups excluding carboxylic acids is 2. The average Bonchev–Trinajstić information content (AvgIpc) is 3.28. The summed E-state index contributed by atoms with van der Waals surface area (Å²) >= 11 is 0. The van der Waals surface area contributed by atoms with Crippen LogP contribution in [0.3, 0.4) is 0 Å². The molecule has 0 bridgehead atoms. The van der Waals surface area contributed by atoms with Gasteiger partial charge in [-0.15, -0.1) is 0 Å². The van der Waals surface area contributed by atoms with Gasteiger partial charge in [0.2, 0.25) is 5.91 Å². The van der Waals surface area contributed by atoms with Crippen molar-refractivity contribution >= 4 is 35.2 Å². The van der Waals surface area contributed by atoms with Crippen molar-refractivity contribution in [3.8, 4) is 17.2 Å². The molecule has 11 nitrogen and oxygen atoms in total. The molecule has 2 aliphatic heterocycles. The smallest absolute Gasteiger partial charge is 0.331 e. The summed E-state index contributed by atoms with van der Waals surface area (Å²) in [7, 11) is 0. The van der Waals surface area contributed by atoms with Crippen molar-refractivity contribution in [3.63, 3.8) is 0 Å². The average molecular weight is 541 g/mol. The van der Waals surface area contributed by atoms with E-state index in [1.807, 2.05) is 18.2 Å². The fourth-order valence-corrected chi connectivity index (χ4v) is 5.14. The van der Waals surface area contributed by atoms with E-state index in [1.165, 1.54) is 5.56 Å². The highest BCUT2D eigenvalue weighted by atomic mass is 16.5. The van der Waals surface area contributed by atoms with Crippen LogP contribution in [-0.2, 0) is 25.5 Å². The molecule has 4 heterocycles. The molecule has 40 heavy (non-hydrogen) atoms. The summed E-state index contributed by atoms with van der Waals surface area (Å²) in [6.07, 6.45) is 4.34. The minimum atomic E-state index is -1.15. The van der Waals surface area contributed by atoms with Gasteiger partial charge < -0.3 is 29.6 Å². The summed E-state index contributed by atoms with van der Waals surface area (Å²) in [6, 6.07) is 14.1. The number of benzene rings is 2. The van der Waals surface area contributed by atoms with E-state index < -0.39 is 5.97 Å². The van der Waals surface area contributed by atoms with Crippen molar-refractivity contribution in [1.82, 2.24) is 15.0 Å². The van der Waals surface area contributed by atoms with E-state index in [4.69, 9.17) is 19.6 Å². The third-order valence-corrected chi connectivity index (χ3v) is 6.97. The largest absolute Gasteiger partial charge is 0.489 e. The number of imidazole rings is 1. The second kappa shape index (κ2) is 10.2. The Bertz CT molecular complexity index is 1680. The van der Waals surface area contributed by atoms with Crippen LogP contribution in [0.25, 0.3) is 11.0 Å². The van der Waals surface area contributed by atoms with Gasteiger partial charge in [0.25, 0.3) is 6.47 Å². The zero-order valence-electron chi connectivity index (χ0n) is 21.3. The Labute approximate surface area is 227 Å². The van der Waals surface area contributed by atoms with E-state index >= 15 is 0 Å². The number of aryl methyl sites for hydroxylation is 1. The number of hydrogen-bond donors (Lipinski definition) is 3. The number of fused-ring (bicyclic) bond motifs is 5. The lowest BCUT2D eigenvalue weighted by atomic mass is 10.1. The van der Waals surface area contributed by atoms with Gasteiger partial charge in [-0.05, 0) is 55.3 Å². The van der Waals surface area contributed by atoms with Crippen molar-refractivity contribution in [1.29, 1.82) is 0 Å². The third kappa shape index (κ3) is 4.84. The first-order chi connectivity index (χ1) is 19.4. The molecule has 2 aromatic carbocycles. The summed E-state index contributed by atoms with van der Waals surface area (Å²) in [4.78, 5) is 43.2. The molecule has 0 unspecified atom stereocenters. The van der Waals surface area contributed by atoms with Gasteiger partial charge in [-0.1, -0.05) is 6.07 Å². The molecular weight excluding hydrogens is 516 g/mol. The topological polar surface area (TPSA) is 153 Å². The number of hydrogen-bond acceptors (Lipinski definition) is 8. The predicted octanol–water partition coefficient (Wildman–Crippen LogP) is 4.34. The van der Waals surface area contributed by atoms with Gasteiger partial charge in [-0.3, -0.25) is 9.59 Å². The van der Waals surface area contributed by atoms with Crippen molar-refractivity contribution < 1.29 is 33.7 Å². The first-order valence-corrected chi connectivity index (χ1v) is 12.6. The van der Waals surface area contributed by atoms with E-state index in [9.17, 15) is 14.4 Å². The SMILES string of the molecule is Cc1ccc2nc([C@@H]3[C@H]4Oc5ccc(Oc6ccnc7c6CCC(=O)N7)cc5[C@H]43)[nH]c2c1.O=CO/C=C\C(=O)O. The molecule has 3 atom stereocenters. The molecule has 202 valence electrons. The number of aliphatic carboxylic acids is 1. The normalized spacial score (nSPS) is 19.8. The van der Waals surface area contributed by atoms with Crippen molar-refractivity contribution in [3.05, 3.63) is 83.5 Å². The van der Waals surface area contributed by atoms with Gasteiger partial charge in [-0.25, -0.2) is 14.8 Å². The number of ether oxygens (including phenoxy) is 3. The minimum absolute atomic E-state index is 0.0107. The minimum Gasteiger partial charge on any atom is -0.489 e. The lowest BCUT2D eigenvalue weighted by Crippen LogP contribution is -2.20. The Balaban J connectivity index is 0.000000319. The summed E-state index contributed by atoms with van der Waals surface area (Å²) in [5, 5.41) is 10.7. The van der Waals surface area contributed by atoms with Crippen LogP contribution in [0.15, 0.2) is 61.0 Å². The summed E-state index contributed by atoms with van der Waals surface area (Å²) in [5.74, 6) is 3.32. The number of rotatable bonds is 6. The molecule has 0 radical (unpaired) electrons. The van der Waals surface area contributed by atoms with Crippen LogP contribution in [0.1, 0.15) is 40.8 Å². The number of carboxylic acid groups (broad SMARTS) is 1. The van der Waals surface area contributed by atoms with Gasteiger partial charge >= 0.3 is 5.97 Å². The van der Waals surface area contributed by atoms with Gasteiger partial charge in [-0.2, -0.15) is 0 Å². The zero-order chi connectivity index (χ0) is 27.8. The second-order valence-corrected chi connectivity index (χ2v) is 9.64. The van der Waals surface area contributed by atoms with E-state index in [0.717, 1.165) is 51.5 Å². The molecular formula is C29H24N4O7. The molecule has 3 aliphatic rings. The molecule has 3 N–H and O–H groups in total. The number of carbonyl (C=O) groups is 3. The highest BCUT2D eigenvalue weighted by Gasteiger charge is 2.61. The molecule has 2 aromatic heterocycles. The lowest BCUT2D eigenvalue weighted by molar-refractivity contribution is -0.131. The Hall–Kier alpha value is -5.19. The number of aromatic amines is 1. The Morgan fingerprint density at radius 1 is 1.15 bits per heavy atom. The standard InChI is InChI=1S/C25H20N4O3.C4H4O4/c1-12-2-5-16-17(10-12)28-25(27-16)22-21-15-11-13(3-6-18(15)32-23(21)22)31-19-8-9-26-24-14(19)4-7-20(30)29-24;5-3-8-2-1-4(6)7/h2-3,5-6,8-11,21-23H,4,7H2,1H3,(H,27,28)(H,26,29,30);1-3H,(H,6,7)/b;2-1-/t21-,22-,23-;/m0./s1. The van der Waals surface area contributed by atoms with Crippen molar-refractivity contribution in [2.45, 2.75) is 37.7 Å². The van der Waals surface area contributed by atoms with Crippen LogP contribution in [0.4, 0.5) is 5.82 Å². The van der Waals surface area contributed by atoms with Crippen LogP contribution >= 0.6 is 0 Å². The maximum atomic E-state index is 11.7. The van der Waals surface area contributed by atoms with E-state index in [2.05, 4.69) is 51.2 Å². The molecule has 1 fully saturated rings. The molecule has 11 heteroatoms. The number of pyridine rings is 1. The number of aromatic nitrogens is 3. The predicted molar refractivity (Wildman–Crippen MR) is 142 cm³/mol. The molecule has 1 amide bonds. The van der Waals surface area contributed by atoms with Crippen molar-refractivity contribution in [2.24, 2.45) is 0 Å². The van der Waals surface area contributed by atoms with Crippen LogP contribution in [0.5, 0.6) is 17.2 Å². The monoisotopic (exact) mass is 540 g/mol. The number of nitrogens with one attached hydrogen (secondary N) is 2. The van der Waals surface area contributed by atoms with Crippen LogP contribution in [0, 0.1) is 6.92 Å². The molecule has 1 aliphatic carbocycles. The second-order valence-electron chi connectivity index (χ2n) is 9.64. The highest BCUT2D eigenvalue weighted by Crippen LogP contribution is 2.63. The van der Waals surface area contributed by atoms with Crippen molar-refractivity contribution in [2.75, 3.05) is 5.32 Å². The van der Waals surface area contributed by atoms with Gasteiger partial charge in [0.1, 0.15) is 41.3 Å². The van der Waals surface area contributed by atoms with Gasteiger partial charge in [0, 0.05) is 29.7 Å². The van der Waals surface area contributed by atoms with Crippen LogP contribution in [0.2, 0.25) is 0 Å². The fraction of sp³-hybridized carbons (Fsp3) is 0.207. The van der Waals surface area contributed by atoms with E-state index in [1.54, 1.807) is 6.20 Å². The van der Waals surface area contributed by atoms with Gasteiger partial charge in [0.15, 0.2) is 0 Å². The summed E-state index contributed by atoms with van der Waals surface area (Å²) < 4.78 is 16.3. The Kier molecular flexibility index (Phi) is 6.39. The molecule has 0 saturated heterocycles. The molecule has 4 aromatic rings. The van der Waals surface area contributed by atoms with E-state index in [-0.39, 0.29) is 30.3 Å².